The Hall–Kier alpha value is -4.05. The largest absolute Gasteiger partial charge is 0.435 e. The predicted octanol–water partition coefficient (Wildman–Crippen LogP) is 5.84. The Morgan fingerprint density at radius 2 is 1.90 bits per heavy atom. The average Bonchev–Trinajstić information content (AvgIpc) is 2.80. The summed E-state index contributed by atoms with van der Waals surface area (Å²) in [5.74, 6) is -1.26. The molecule has 4 rings (SSSR count). The van der Waals surface area contributed by atoms with Crippen molar-refractivity contribution in [2.45, 2.75) is 56.5 Å². The van der Waals surface area contributed by atoms with E-state index in [1.165, 1.54) is 30.5 Å². The van der Waals surface area contributed by atoms with E-state index >= 15 is 0 Å². The second-order valence-electron chi connectivity index (χ2n) is 9.57. The molecular weight excluding hydrogens is 533 g/mol. The van der Waals surface area contributed by atoms with E-state index in [1.807, 2.05) is 0 Å². The second-order valence-corrected chi connectivity index (χ2v) is 11.7. The zero-order valence-electron chi connectivity index (χ0n) is 21.6. The molecule has 1 aliphatic carbocycles. The van der Waals surface area contributed by atoms with Gasteiger partial charge >= 0.3 is 6.18 Å². The first-order chi connectivity index (χ1) is 18.2. The number of carbonyl (C=O) groups is 1. The predicted molar refractivity (Wildman–Crippen MR) is 136 cm³/mol. The van der Waals surface area contributed by atoms with E-state index in [4.69, 9.17) is 9.52 Å². The molecule has 3 aromatic rings. The third kappa shape index (κ3) is 5.42. The number of hydrogen-bond acceptors (Lipinski definition) is 8. The summed E-state index contributed by atoms with van der Waals surface area (Å²) >= 11 is 0. The number of carbonyl (C=O) groups excluding carboxylic acids is 1. The molecule has 204 valence electrons. The van der Waals surface area contributed by atoms with Gasteiger partial charge in [-0.3, -0.25) is 9.78 Å². The fraction of sp³-hybridized carbons (Fsp3) is 0.346. The number of halogens is 3. The number of pyridine rings is 1. The number of aromatic nitrogens is 3. The molecule has 1 aliphatic rings. The summed E-state index contributed by atoms with van der Waals surface area (Å²) < 4.78 is 66.7. The molecule has 2 heterocycles. The van der Waals surface area contributed by atoms with E-state index in [2.05, 4.69) is 26.6 Å². The highest BCUT2D eigenvalue weighted by Crippen LogP contribution is 2.44. The minimum atomic E-state index is -4.88. The van der Waals surface area contributed by atoms with Gasteiger partial charge in [0, 0.05) is 16.8 Å². The van der Waals surface area contributed by atoms with Crippen LogP contribution in [-0.4, -0.2) is 31.6 Å². The molecule has 13 heteroatoms. The van der Waals surface area contributed by atoms with Crippen LogP contribution in [0.25, 0.3) is 0 Å². The van der Waals surface area contributed by atoms with Gasteiger partial charge in [-0.2, -0.15) is 18.4 Å². The van der Waals surface area contributed by atoms with Crippen molar-refractivity contribution in [3.63, 3.8) is 0 Å². The van der Waals surface area contributed by atoms with Crippen molar-refractivity contribution in [1.29, 1.82) is 10.0 Å². The molecule has 1 unspecified atom stereocenters. The summed E-state index contributed by atoms with van der Waals surface area (Å²) in [6.07, 6.45) is -1.41. The molecule has 0 radical (unpaired) electrons. The van der Waals surface area contributed by atoms with Crippen LogP contribution in [0.2, 0.25) is 0 Å². The summed E-state index contributed by atoms with van der Waals surface area (Å²) in [7, 11) is -3.11. The maximum Gasteiger partial charge on any atom is 0.435 e. The summed E-state index contributed by atoms with van der Waals surface area (Å²) in [4.78, 5) is 18.0. The van der Waals surface area contributed by atoms with Crippen molar-refractivity contribution in [2.24, 2.45) is 0 Å². The molecule has 2 aromatic heterocycles. The molecule has 0 saturated heterocycles. The number of rotatable bonds is 6. The van der Waals surface area contributed by atoms with Crippen molar-refractivity contribution in [2.75, 3.05) is 11.6 Å². The summed E-state index contributed by atoms with van der Waals surface area (Å²) in [5.41, 5.74) is -1.38. The van der Waals surface area contributed by atoms with Crippen molar-refractivity contribution in [3.05, 3.63) is 64.1 Å². The summed E-state index contributed by atoms with van der Waals surface area (Å²) in [6.45, 7) is 4.43. The minimum Gasteiger partial charge on any atom is -0.435 e. The van der Waals surface area contributed by atoms with Crippen LogP contribution in [0.15, 0.2) is 35.2 Å². The van der Waals surface area contributed by atoms with E-state index < -0.39 is 49.9 Å². The fourth-order valence-electron chi connectivity index (χ4n) is 4.39. The lowest BCUT2D eigenvalue weighted by Gasteiger charge is -2.35. The fourth-order valence-corrected chi connectivity index (χ4v) is 5.08. The maximum atomic E-state index is 13.7. The first-order valence-electron chi connectivity index (χ1n) is 11.8. The minimum absolute atomic E-state index is 0.121. The van der Waals surface area contributed by atoms with Crippen LogP contribution < -0.4 is 10.1 Å². The van der Waals surface area contributed by atoms with E-state index in [0.29, 0.717) is 29.8 Å². The molecule has 39 heavy (non-hydrogen) atoms. The van der Waals surface area contributed by atoms with Crippen LogP contribution in [-0.2, 0) is 21.3 Å². The van der Waals surface area contributed by atoms with E-state index in [1.54, 1.807) is 19.9 Å². The number of amides is 1. The lowest BCUT2D eigenvalue weighted by molar-refractivity contribution is -0.142. The molecule has 0 bridgehead atoms. The van der Waals surface area contributed by atoms with Gasteiger partial charge in [0.1, 0.15) is 5.56 Å². The number of nitrogens with one attached hydrogen (secondary N) is 2. The number of hydrogen-bond donors (Lipinski definition) is 2. The smallest absolute Gasteiger partial charge is 0.435 e. The number of ether oxygens (including phenoxy) is 1. The van der Waals surface area contributed by atoms with E-state index in [-0.39, 0.29) is 16.3 Å². The molecule has 2 N–H and O–H groups in total. The molecular formula is C26H25F3N6O3S. The van der Waals surface area contributed by atoms with E-state index in [9.17, 15) is 27.4 Å². The van der Waals surface area contributed by atoms with Crippen LogP contribution >= 0.6 is 0 Å². The third-order valence-electron chi connectivity index (χ3n) is 6.66. The summed E-state index contributed by atoms with van der Waals surface area (Å²) in [6, 6.07) is 9.70. The Morgan fingerprint density at radius 3 is 2.44 bits per heavy atom. The molecule has 1 amide bonds. The number of anilines is 1. The average molecular weight is 559 g/mol. The van der Waals surface area contributed by atoms with Gasteiger partial charge in [0.2, 0.25) is 0 Å². The number of aryl methyl sites for hydroxylation is 2. The van der Waals surface area contributed by atoms with E-state index in [0.717, 1.165) is 13.3 Å². The first-order valence-corrected chi connectivity index (χ1v) is 13.8. The molecule has 0 spiro atoms. The SMILES string of the molecule is Cc1cc(C2(C#N)CCC2)nc(C)c1Oc1nnc(C(F)(F)F)c(C)c1C(=O)Nc1cccc(S(C)(=N)=O)c1. The maximum absolute atomic E-state index is 13.7. The van der Waals surface area contributed by atoms with Gasteiger partial charge in [-0.15, -0.1) is 10.2 Å². The first kappa shape index (κ1) is 28.0. The molecule has 1 atom stereocenters. The monoisotopic (exact) mass is 558 g/mol. The Bertz CT molecular complexity index is 1600. The van der Waals surface area contributed by atoms with Crippen molar-refractivity contribution in [1.82, 2.24) is 15.2 Å². The van der Waals surface area contributed by atoms with Gasteiger partial charge < -0.3 is 10.1 Å². The Labute approximate surface area is 223 Å². The Kier molecular flexibility index (Phi) is 7.12. The van der Waals surface area contributed by atoms with Crippen LogP contribution in [0.1, 0.15) is 57.8 Å². The highest BCUT2D eigenvalue weighted by molar-refractivity contribution is 7.91. The van der Waals surface area contributed by atoms with Crippen LogP contribution in [0.4, 0.5) is 18.9 Å². The van der Waals surface area contributed by atoms with Gasteiger partial charge in [0.15, 0.2) is 11.4 Å². The molecule has 1 fully saturated rings. The van der Waals surface area contributed by atoms with Gasteiger partial charge in [-0.05, 0) is 75.4 Å². The van der Waals surface area contributed by atoms with Crippen molar-refractivity contribution < 1.29 is 26.9 Å². The summed E-state index contributed by atoms with van der Waals surface area (Å²) in [5, 5.41) is 19.1. The molecule has 9 nitrogen and oxygen atoms in total. The van der Waals surface area contributed by atoms with Crippen LogP contribution in [0, 0.1) is 36.9 Å². The Morgan fingerprint density at radius 1 is 1.21 bits per heavy atom. The molecule has 0 aliphatic heterocycles. The number of benzene rings is 1. The number of nitriles is 1. The second kappa shape index (κ2) is 9.92. The molecule has 1 saturated carbocycles. The number of alkyl halides is 3. The van der Waals surface area contributed by atoms with Crippen molar-refractivity contribution in [3.8, 4) is 17.7 Å². The van der Waals surface area contributed by atoms with Gasteiger partial charge in [-0.25, -0.2) is 8.99 Å². The quantitative estimate of drug-likeness (QED) is 0.387. The normalized spacial score (nSPS) is 15.9. The molecule has 1 aromatic carbocycles. The topological polar surface area (TPSA) is 142 Å². The highest BCUT2D eigenvalue weighted by Gasteiger charge is 2.41. The lowest BCUT2D eigenvalue weighted by Crippen LogP contribution is -2.33. The van der Waals surface area contributed by atoms with Crippen LogP contribution in [0.5, 0.6) is 11.6 Å². The van der Waals surface area contributed by atoms with Crippen molar-refractivity contribution >= 4 is 21.3 Å². The zero-order chi connectivity index (χ0) is 28.8. The highest BCUT2D eigenvalue weighted by atomic mass is 32.2. The third-order valence-corrected chi connectivity index (χ3v) is 7.81. The van der Waals surface area contributed by atoms with Gasteiger partial charge in [0.25, 0.3) is 11.8 Å². The Balaban J connectivity index is 1.77. The van der Waals surface area contributed by atoms with Gasteiger partial charge in [0.05, 0.1) is 32.6 Å². The van der Waals surface area contributed by atoms with Crippen LogP contribution in [0.3, 0.4) is 0 Å². The number of nitrogens with zero attached hydrogens (tertiary/aromatic N) is 4. The lowest BCUT2D eigenvalue weighted by atomic mass is 9.67. The standard InChI is InChI=1S/C26H25F3N6O3S/c1-14-11-19(25(13-30)9-6-10-25)32-16(3)21(14)38-24-20(15(2)22(34-35-24)26(27,28)29)23(36)33-17-7-5-8-18(12-17)39(4,31)37/h5,7-8,11-12,31H,6,9-10H2,1-4H3,(H,33,36). The van der Waals surface area contributed by atoms with Gasteiger partial charge in [-0.1, -0.05) is 6.07 Å². The zero-order valence-corrected chi connectivity index (χ0v) is 22.4.